The van der Waals surface area contributed by atoms with E-state index in [-0.39, 0.29) is 18.1 Å². The van der Waals surface area contributed by atoms with E-state index < -0.39 is 0 Å². The van der Waals surface area contributed by atoms with Gasteiger partial charge in [-0.2, -0.15) is 0 Å². The third-order valence-corrected chi connectivity index (χ3v) is 6.82. The molecular weight excluding hydrogens is 338 g/mol. The number of aliphatic hydroxyl groups is 1. The molecule has 27 heavy (non-hydrogen) atoms. The Hall–Kier alpha value is -1.43. The highest BCUT2D eigenvalue weighted by Gasteiger charge is 2.46. The van der Waals surface area contributed by atoms with Crippen molar-refractivity contribution in [1.82, 2.24) is 14.7 Å². The summed E-state index contributed by atoms with van der Waals surface area (Å²) in [6.07, 6.45) is 4.54. The maximum atomic E-state index is 12.9. The Morgan fingerprint density at radius 3 is 2.59 bits per heavy atom. The quantitative estimate of drug-likeness (QED) is 0.879. The second-order valence-corrected chi connectivity index (χ2v) is 8.92. The maximum Gasteiger partial charge on any atom is 0.225 e. The third-order valence-electron chi connectivity index (χ3n) is 6.82. The molecule has 1 N–H and O–H groups in total. The van der Waals surface area contributed by atoms with Gasteiger partial charge in [0, 0.05) is 51.2 Å². The Labute approximate surface area is 162 Å². The molecule has 1 aliphatic carbocycles. The molecule has 2 aliphatic heterocycles. The number of carbonyl (C=O) groups excluding carboxylic acids is 1. The van der Waals surface area contributed by atoms with Crippen LogP contribution in [0.15, 0.2) is 30.3 Å². The van der Waals surface area contributed by atoms with E-state index in [1.54, 1.807) is 0 Å². The standard InChI is InChI=1S/C22H33N3O2/c1-22(17-26)16-23(13-18-7-3-2-4-8-18)14-20-15-24(11-12-25(20)22)21(27)19-9-5-6-10-19/h2-4,7-8,19-20,26H,5-6,9-17H2,1H3/t20-,22+/m1/s1. The number of hydrogen-bond donors (Lipinski definition) is 1. The second-order valence-electron chi connectivity index (χ2n) is 8.92. The largest absolute Gasteiger partial charge is 0.394 e. The highest BCUT2D eigenvalue weighted by atomic mass is 16.3. The summed E-state index contributed by atoms with van der Waals surface area (Å²) in [5.74, 6) is 0.628. The molecule has 0 unspecified atom stereocenters. The van der Waals surface area contributed by atoms with Crippen LogP contribution in [0.2, 0.25) is 0 Å². The van der Waals surface area contributed by atoms with Crippen molar-refractivity contribution >= 4 is 5.91 Å². The van der Waals surface area contributed by atoms with Crippen LogP contribution < -0.4 is 0 Å². The summed E-state index contributed by atoms with van der Waals surface area (Å²) in [7, 11) is 0. The lowest BCUT2D eigenvalue weighted by Gasteiger charge is -2.56. The molecule has 2 saturated heterocycles. The van der Waals surface area contributed by atoms with E-state index >= 15 is 0 Å². The molecule has 3 fully saturated rings. The van der Waals surface area contributed by atoms with Crippen molar-refractivity contribution in [1.29, 1.82) is 0 Å². The smallest absolute Gasteiger partial charge is 0.225 e. The lowest BCUT2D eigenvalue weighted by molar-refractivity contribution is -0.145. The number of hydrogen-bond acceptors (Lipinski definition) is 4. The molecule has 0 aromatic heterocycles. The first-order valence-electron chi connectivity index (χ1n) is 10.5. The molecule has 0 spiro atoms. The topological polar surface area (TPSA) is 47.0 Å². The van der Waals surface area contributed by atoms with Crippen LogP contribution >= 0.6 is 0 Å². The number of fused-ring (bicyclic) bond motifs is 1. The van der Waals surface area contributed by atoms with Crippen molar-refractivity contribution in [2.24, 2.45) is 5.92 Å². The van der Waals surface area contributed by atoms with Gasteiger partial charge in [0.2, 0.25) is 5.91 Å². The van der Waals surface area contributed by atoms with Gasteiger partial charge in [-0.05, 0) is 25.3 Å². The molecule has 0 bridgehead atoms. The minimum Gasteiger partial charge on any atom is -0.394 e. The molecule has 0 radical (unpaired) electrons. The van der Waals surface area contributed by atoms with Crippen LogP contribution in [0.3, 0.4) is 0 Å². The Morgan fingerprint density at radius 1 is 1.15 bits per heavy atom. The van der Waals surface area contributed by atoms with Crippen molar-refractivity contribution in [3.8, 4) is 0 Å². The molecular formula is C22H33N3O2. The number of piperazine rings is 2. The summed E-state index contributed by atoms with van der Waals surface area (Å²) in [4.78, 5) is 20.0. The number of benzene rings is 1. The third kappa shape index (κ3) is 3.91. The molecule has 1 aromatic carbocycles. The van der Waals surface area contributed by atoms with Crippen molar-refractivity contribution < 1.29 is 9.90 Å². The van der Waals surface area contributed by atoms with Crippen molar-refractivity contribution in [2.45, 2.75) is 50.7 Å². The molecule has 5 nitrogen and oxygen atoms in total. The zero-order chi connectivity index (χ0) is 18.9. The molecule has 3 aliphatic rings. The molecule has 1 aromatic rings. The first-order chi connectivity index (χ1) is 13.1. The summed E-state index contributed by atoms with van der Waals surface area (Å²) >= 11 is 0. The predicted molar refractivity (Wildman–Crippen MR) is 106 cm³/mol. The highest BCUT2D eigenvalue weighted by molar-refractivity contribution is 5.79. The average Bonchev–Trinajstić information content (AvgIpc) is 3.22. The van der Waals surface area contributed by atoms with Gasteiger partial charge in [0.1, 0.15) is 0 Å². The van der Waals surface area contributed by atoms with Crippen LogP contribution in [-0.2, 0) is 11.3 Å². The number of carbonyl (C=O) groups is 1. The lowest BCUT2D eigenvalue weighted by Crippen LogP contribution is -2.72. The monoisotopic (exact) mass is 371 g/mol. The van der Waals surface area contributed by atoms with Gasteiger partial charge in [-0.1, -0.05) is 43.2 Å². The van der Waals surface area contributed by atoms with Gasteiger partial charge in [0.05, 0.1) is 12.1 Å². The molecule has 5 heteroatoms. The predicted octanol–water partition coefficient (Wildman–Crippen LogP) is 1.96. The molecule has 2 heterocycles. The van der Waals surface area contributed by atoms with E-state index in [0.29, 0.717) is 11.9 Å². The van der Waals surface area contributed by atoms with Crippen LogP contribution in [0.4, 0.5) is 0 Å². The second kappa shape index (κ2) is 7.90. The van der Waals surface area contributed by atoms with Gasteiger partial charge < -0.3 is 10.0 Å². The SMILES string of the molecule is C[C@@]1(CO)CN(Cc2ccccc2)C[C@@H]2CN(C(=O)C3CCCC3)CCN21. The van der Waals surface area contributed by atoms with Crippen LogP contribution in [0.5, 0.6) is 0 Å². The van der Waals surface area contributed by atoms with E-state index in [1.165, 1.54) is 18.4 Å². The van der Waals surface area contributed by atoms with E-state index in [9.17, 15) is 9.90 Å². The number of rotatable bonds is 4. The van der Waals surface area contributed by atoms with Crippen molar-refractivity contribution in [2.75, 3.05) is 39.3 Å². The first kappa shape index (κ1) is 18.9. The normalized spacial score (nSPS) is 30.4. The lowest BCUT2D eigenvalue weighted by atomic mass is 9.91. The Kier molecular flexibility index (Phi) is 5.53. The van der Waals surface area contributed by atoms with Crippen LogP contribution in [-0.4, -0.2) is 76.6 Å². The Balaban J connectivity index is 1.47. The fourth-order valence-electron chi connectivity index (χ4n) is 5.39. The zero-order valence-corrected chi connectivity index (χ0v) is 16.5. The molecule has 1 amide bonds. The Bertz CT molecular complexity index is 646. The molecule has 1 saturated carbocycles. The van der Waals surface area contributed by atoms with E-state index in [0.717, 1.165) is 52.1 Å². The summed E-state index contributed by atoms with van der Waals surface area (Å²) < 4.78 is 0. The fourth-order valence-corrected chi connectivity index (χ4v) is 5.39. The minimum absolute atomic E-state index is 0.158. The maximum absolute atomic E-state index is 12.9. The molecule has 2 atom stereocenters. The number of nitrogens with zero attached hydrogens (tertiary/aromatic N) is 3. The van der Waals surface area contributed by atoms with E-state index in [1.807, 2.05) is 6.07 Å². The van der Waals surface area contributed by atoms with Crippen LogP contribution in [0.25, 0.3) is 0 Å². The zero-order valence-electron chi connectivity index (χ0n) is 16.5. The van der Waals surface area contributed by atoms with Gasteiger partial charge in [-0.25, -0.2) is 0 Å². The van der Waals surface area contributed by atoms with Gasteiger partial charge in [0.25, 0.3) is 0 Å². The summed E-state index contributed by atoms with van der Waals surface area (Å²) in [6, 6.07) is 10.9. The Morgan fingerprint density at radius 2 is 1.89 bits per heavy atom. The van der Waals surface area contributed by atoms with E-state index in [4.69, 9.17) is 0 Å². The molecule has 148 valence electrons. The number of amides is 1. The highest BCUT2D eigenvalue weighted by Crippen LogP contribution is 2.32. The van der Waals surface area contributed by atoms with Crippen molar-refractivity contribution in [3.05, 3.63) is 35.9 Å². The fraction of sp³-hybridized carbons (Fsp3) is 0.682. The summed E-state index contributed by atoms with van der Waals surface area (Å²) in [5.41, 5.74) is 1.07. The van der Waals surface area contributed by atoms with Gasteiger partial charge >= 0.3 is 0 Å². The van der Waals surface area contributed by atoms with Crippen molar-refractivity contribution in [3.63, 3.8) is 0 Å². The van der Waals surface area contributed by atoms with Gasteiger partial charge in [-0.3, -0.25) is 14.6 Å². The van der Waals surface area contributed by atoms with Gasteiger partial charge in [0.15, 0.2) is 0 Å². The summed E-state index contributed by atoms with van der Waals surface area (Å²) in [5, 5.41) is 10.2. The number of aliphatic hydroxyl groups excluding tert-OH is 1. The molecule has 4 rings (SSSR count). The average molecular weight is 372 g/mol. The van der Waals surface area contributed by atoms with Crippen LogP contribution in [0.1, 0.15) is 38.2 Å². The minimum atomic E-state index is -0.236. The van der Waals surface area contributed by atoms with Gasteiger partial charge in [-0.15, -0.1) is 0 Å². The first-order valence-corrected chi connectivity index (χ1v) is 10.5. The van der Waals surface area contributed by atoms with Crippen LogP contribution in [0, 0.1) is 5.92 Å². The summed E-state index contributed by atoms with van der Waals surface area (Å²) in [6.45, 7) is 7.54. The van der Waals surface area contributed by atoms with E-state index in [2.05, 4.69) is 45.9 Å².